The Labute approximate surface area is 387 Å². The van der Waals surface area contributed by atoms with Crippen molar-refractivity contribution in [2.75, 3.05) is 40.9 Å². The number of carbonyl (C=O) groups is 5. The first-order chi connectivity index (χ1) is 31.3. The maximum atomic E-state index is 14.7. The largest absolute Gasteiger partial charge is 0.508 e. The summed E-state index contributed by atoms with van der Waals surface area (Å²) >= 11 is 0. The van der Waals surface area contributed by atoms with Crippen LogP contribution in [-0.2, 0) is 52.8 Å². The Morgan fingerprint density at radius 2 is 1.79 bits per heavy atom. The third kappa shape index (κ3) is 9.96. The monoisotopic (exact) mass is 907 g/mol. The molecular weight excluding hydrogens is 841 g/mol. The molecule has 354 valence electrons. The number of likely N-dealkylation sites (N-methyl/N-ethyl adjacent to an activating group) is 2. The number of benzene rings is 2. The predicted molar refractivity (Wildman–Crippen MR) is 251 cm³/mol. The molecular formula is C50H66N8O8. The van der Waals surface area contributed by atoms with E-state index < -0.39 is 53.3 Å². The minimum atomic E-state index is -1.18. The molecule has 0 spiro atoms. The number of nitrogens with zero attached hydrogens (tertiary/aromatic N) is 5. The maximum absolute atomic E-state index is 14.7. The Kier molecular flexibility index (Phi) is 14.3. The number of hydrogen-bond acceptors (Lipinski definition) is 11. The molecule has 2 aromatic carbocycles. The van der Waals surface area contributed by atoms with E-state index >= 15 is 0 Å². The minimum Gasteiger partial charge on any atom is -0.508 e. The van der Waals surface area contributed by atoms with E-state index in [9.17, 15) is 29.1 Å². The van der Waals surface area contributed by atoms with Gasteiger partial charge in [-0.05, 0) is 105 Å². The SMILES string of the molecule is CCn1c(-c2cccnc2[C@H](C)OC)c2c3cc(ccc31)-c1cc(O)cc(c1)C[C@H](NC(=O)[C@H](C(C)C)N(C)C(=O)[C@H](C)N(C)C(=O)[C@H]1CN1)C(=O)N1CCC[C@H](N1)C(=O)OCC(C)(C)C2. The molecule has 0 aliphatic carbocycles. The van der Waals surface area contributed by atoms with Crippen LogP contribution in [0, 0.1) is 11.3 Å². The number of aromatic nitrogens is 2. The molecule has 16 nitrogen and oxygen atoms in total. The standard InChI is InChI=1S/C50H66N8O8/c1-11-57-41-17-16-32-24-36(41)37(44(57)35-14-12-18-51-42(35)30(5)65-10)25-50(6,7)27-66-49(64)38-15-13-19-58(54-38)48(63)39(22-31-20-33(32)23-34(59)21-31)53-45(60)43(28(2)3)56(9)46(61)29(4)55(8)47(62)40-26-52-40/h12,14,16-18,20-21,23-24,28-30,38-40,43,52,54,59H,11,13,15,19,22,25-27H2,1-10H3,(H,53,60)/t29-,30-,38-,39-,40+,43-/m0/s1. The van der Waals surface area contributed by atoms with Gasteiger partial charge in [0, 0.05) is 75.3 Å². The molecule has 0 saturated carbocycles. The first-order valence-electron chi connectivity index (χ1n) is 23.1. The van der Waals surface area contributed by atoms with Gasteiger partial charge < -0.3 is 39.6 Å². The van der Waals surface area contributed by atoms with Crippen molar-refractivity contribution in [2.24, 2.45) is 11.3 Å². The molecule has 0 radical (unpaired) electrons. The quantitative estimate of drug-likeness (QED) is 0.120. The van der Waals surface area contributed by atoms with Gasteiger partial charge in [0.25, 0.3) is 5.91 Å². The van der Waals surface area contributed by atoms with Crippen molar-refractivity contribution < 1.29 is 38.6 Å². The molecule has 16 heteroatoms. The Morgan fingerprint density at radius 1 is 1.05 bits per heavy atom. The number of amides is 4. The van der Waals surface area contributed by atoms with E-state index in [4.69, 9.17) is 14.5 Å². The van der Waals surface area contributed by atoms with Gasteiger partial charge in [0.1, 0.15) is 29.9 Å². The summed E-state index contributed by atoms with van der Waals surface area (Å²) in [6.07, 6.45) is 2.93. The van der Waals surface area contributed by atoms with E-state index in [1.807, 2.05) is 39.0 Å². The molecule has 4 amide bonds. The zero-order valence-corrected chi connectivity index (χ0v) is 39.9. The summed E-state index contributed by atoms with van der Waals surface area (Å²) in [6.45, 7) is 15.1. The van der Waals surface area contributed by atoms with Gasteiger partial charge in [0.15, 0.2) is 0 Å². The van der Waals surface area contributed by atoms with Crippen LogP contribution >= 0.6 is 0 Å². The van der Waals surface area contributed by atoms with Crippen LogP contribution in [0.25, 0.3) is 33.3 Å². The topological polar surface area (TPSA) is 198 Å². The number of fused-ring (bicyclic) bond motifs is 6. The number of ether oxygens (including phenoxy) is 2. The van der Waals surface area contributed by atoms with Crippen LogP contribution in [0.15, 0.2) is 54.7 Å². The molecule has 66 heavy (non-hydrogen) atoms. The number of cyclic esters (lactones) is 1. The minimum absolute atomic E-state index is 0.0189. The smallest absolute Gasteiger partial charge is 0.324 e. The van der Waals surface area contributed by atoms with Crippen molar-refractivity contribution in [1.29, 1.82) is 0 Å². The van der Waals surface area contributed by atoms with Crippen LogP contribution < -0.4 is 16.1 Å². The van der Waals surface area contributed by atoms with E-state index in [2.05, 4.69) is 59.6 Å². The predicted octanol–water partition coefficient (Wildman–Crippen LogP) is 4.75. The second-order valence-electron chi connectivity index (χ2n) is 19.3. The molecule has 3 aliphatic heterocycles. The number of aromatic hydroxyl groups is 1. The summed E-state index contributed by atoms with van der Waals surface area (Å²) in [5, 5.41) is 19.6. The van der Waals surface area contributed by atoms with Gasteiger partial charge in [-0.25, -0.2) is 5.43 Å². The summed E-state index contributed by atoms with van der Waals surface area (Å²) < 4.78 is 14.2. The number of rotatable bonds is 11. The summed E-state index contributed by atoms with van der Waals surface area (Å²) in [7, 11) is 4.77. The summed E-state index contributed by atoms with van der Waals surface area (Å²) in [6, 6.07) is 11.2. The van der Waals surface area contributed by atoms with E-state index in [1.165, 1.54) is 21.9 Å². The summed E-state index contributed by atoms with van der Waals surface area (Å²) in [5.41, 5.74) is 9.48. The number of hydrogen-bond donors (Lipinski definition) is 4. The van der Waals surface area contributed by atoms with Crippen LogP contribution in [0.2, 0.25) is 0 Å². The highest BCUT2D eigenvalue weighted by atomic mass is 16.5. The van der Waals surface area contributed by atoms with Crippen molar-refractivity contribution >= 4 is 40.5 Å². The average Bonchev–Trinajstić information content (AvgIpc) is 4.11. The molecule has 5 heterocycles. The molecule has 2 fully saturated rings. The van der Waals surface area contributed by atoms with Crippen molar-refractivity contribution in [3.05, 3.63) is 71.5 Å². The molecule has 4 aromatic rings. The third-order valence-corrected chi connectivity index (χ3v) is 13.3. The van der Waals surface area contributed by atoms with Gasteiger partial charge in [0.05, 0.1) is 30.1 Å². The van der Waals surface area contributed by atoms with Crippen molar-refractivity contribution in [3.8, 4) is 28.1 Å². The van der Waals surface area contributed by atoms with E-state index in [0.717, 1.165) is 39.0 Å². The zero-order valence-electron chi connectivity index (χ0n) is 39.9. The van der Waals surface area contributed by atoms with Crippen LogP contribution in [0.1, 0.15) is 84.2 Å². The average molecular weight is 907 g/mol. The van der Waals surface area contributed by atoms with Crippen LogP contribution in [0.3, 0.4) is 0 Å². The second-order valence-corrected chi connectivity index (χ2v) is 19.3. The van der Waals surface area contributed by atoms with Crippen molar-refractivity contribution in [1.82, 2.24) is 40.4 Å². The fraction of sp³-hybridized carbons (Fsp3) is 0.520. The summed E-state index contributed by atoms with van der Waals surface area (Å²) in [4.78, 5) is 77.4. The lowest BCUT2D eigenvalue weighted by Gasteiger charge is -2.37. The number of nitrogens with one attached hydrogen (secondary N) is 3. The van der Waals surface area contributed by atoms with Crippen molar-refractivity contribution in [2.45, 2.75) is 117 Å². The number of methoxy groups -OCH3 is 1. The van der Waals surface area contributed by atoms with Crippen molar-refractivity contribution in [3.63, 3.8) is 0 Å². The number of esters is 1. The normalized spacial score (nSPS) is 21.1. The lowest BCUT2D eigenvalue weighted by molar-refractivity contribution is -0.155. The van der Waals surface area contributed by atoms with E-state index in [1.54, 1.807) is 39.4 Å². The maximum Gasteiger partial charge on any atom is 0.324 e. The van der Waals surface area contributed by atoms with Gasteiger partial charge in [-0.2, -0.15) is 0 Å². The lowest BCUT2D eigenvalue weighted by atomic mass is 9.84. The number of hydrazine groups is 1. The summed E-state index contributed by atoms with van der Waals surface area (Å²) in [5.74, 6) is -2.58. The molecule has 3 aliphatic rings. The number of phenols is 1. The Bertz CT molecular complexity index is 2500. The van der Waals surface area contributed by atoms with E-state index in [0.29, 0.717) is 43.5 Å². The van der Waals surface area contributed by atoms with Gasteiger partial charge in [-0.3, -0.25) is 34.0 Å². The van der Waals surface area contributed by atoms with Gasteiger partial charge in [-0.15, -0.1) is 0 Å². The highest BCUT2D eigenvalue weighted by Gasteiger charge is 2.41. The van der Waals surface area contributed by atoms with Gasteiger partial charge >= 0.3 is 5.97 Å². The van der Waals surface area contributed by atoms with E-state index in [-0.39, 0.29) is 49.3 Å². The van der Waals surface area contributed by atoms with Crippen LogP contribution in [0.4, 0.5) is 0 Å². The first kappa shape index (κ1) is 48.1. The molecule has 0 unspecified atom stereocenters. The lowest BCUT2D eigenvalue weighted by Crippen LogP contribution is -2.62. The zero-order chi connectivity index (χ0) is 47.8. The third-order valence-electron chi connectivity index (χ3n) is 13.3. The second kappa shape index (κ2) is 19.6. The number of aryl methyl sites for hydroxylation is 1. The number of pyridine rings is 1. The van der Waals surface area contributed by atoms with Gasteiger partial charge in [0.2, 0.25) is 17.7 Å². The first-order valence-corrected chi connectivity index (χ1v) is 23.1. The molecule has 2 aromatic heterocycles. The fourth-order valence-electron chi connectivity index (χ4n) is 9.52. The Hall–Kier alpha value is -5.84. The molecule has 6 bridgehead atoms. The van der Waals surface area contributed by atoms with Gasteiger partial charge in [-0.1, -0.05) is 39.8 Å². The Balaban J connectivity index is 1.31. The van der Waals surface area contributed by atoms with Crippen LogP contribution in [-0.4, -0.2) is 130 Å². The highest BCUT2D eigenvalue weighted by molar-refractivity contribution is 5.97. The number of phenolic OH excluding ortho intramolecular Hbond substituents is 1. The molecule has 7 rings (SSSR count). The molecule has 4 N–H and O–H groups in total. The Morgan fingerprint density at radius 3 is 2.47 bits per heavy atom. The van der Waals surface area contributed by atoms with Crippen LogP contribution in [0.5, 0.6) is 5.75 Å². The number of carbonyl (C=O) groups excluding carboxylic acids is 5. The molecule has 2 saturated heterocycles. The molecule has 6 atom stereocenters. The fourth-order valence-corrected chi connectivity index (χ4v) is 9.52. The highest BCUT2D eigenvalue weighted by Crippen LogP contribution is 2.42.